The van der Waals surface area contributed by atoms with Crippen molar-refractivity contribution in [3.63, 3.8) is 0 Å². The zero-order valence-electron chi connectivity index (χ0n) is 21.6. The average molecular weight is 505 g/mol. The maximum Gasteiger partial charge on any atom is 0.266 e. The topological polar surface area (TPSA) is 42.3 Å². The third kappa shape index (κ3) is 2.83. The van der Waals surface area contributed by atoms with E-state index in [1.54, 1.807) is 24.3 Å². The van der Waals surface area contributed by atoms with Gasteiger partial charge in [0.1, 0.15) is 0 Å². The normalized spacial score (nSPS) is 15.2. The van der Waals surface area contributed by atoms with Crippen LogP contribution in [0.5, 0.6) is 0 Å². The molecule has 1 aromatic heterocycles. The van der Waals surface area contributed by atoms with Crippen LogP contribution in [0.15, 0.2) is 109 Å². The Bertz CT molecular complexity index is 1990. The minimum Gasteiger partial charge on any atom is -0.309 e. The van der Waals surface area contributed by atoms with Gasteiger partial charge in [0.25, 0.3) is 11.8 Å². The first-order valence-electron chi connectivity index (χ1n) is 13.2. The molecular formula is C35H24N2O2. The smallest absolute Gasteiger partial charge is 0.266 e. The van der Waals surface area contributed by atoms with Crippen molar-refractivity contribution in [2.75, 3.05) is 4.90 Å². The lowest BCUT2D eigenvalue weighted by atomic mass is 9.82. The largest absolute Gasteiger partial charge is 0.309 e. The number of rotatable bonds is 2. The van der Waals surface area contributed by atoms with E-state index in [4.69, 9.17) is 0 Å². The van der Waals surface area contributed by atoms with E-state index in [-0.39, 0.29) is 17.2 Å². The number of amides is 2. The molecule has 8 rings (SSSR count). The second kappa shape index (κ2) is 7.55. The summed E-state index contributed by atoms with van der Waals surface area (Å²) in [5, 5.41) is 2.42. The average Bonchev–Trinajstić information content (AvgIpc) is 3.51. The predicted octanol–water partition coefficient (Wildman–Crippen LogP) is 7.89. The summed E-state index contributed by atoms with van der Waals surface area (Å²) >= 11 is 0. The van der Waals surface area contributed by atoms with Crippen molar-refractivity contribution in [3.8, 4) is 16.8 Å². The van der Waals surface area contributed by atoms with Gasteiger partial charge in [-0.2, -0.15) is 0 Å². The van der Waals surface area contributed by atoms with Gasteiger partial charge in [0.2, 0.25) is 0 Å². The molecule has 186 valence electrons. The fraction of sp³-hybridized carbons (Fsp3) is 0.0857. The van der Waals surface area contributed by atoms with Crippen molar-refractivity contribution in [2.24, 2.45) is 0 Å². The molecule has 0 fully saturated rings. The highest BCUT2D eigenvalue weighted by Crippen LogP contribution is 2.50. The SMILES string of the molecule is CC1(C)c2ccccc2-c2cc3c(cc21)c1ccccc1n3-c1ccc(N2C(=O)c3ccccc3C2=O)cc1. The molecule has 39 heavy (non-hydrogen) atoms. The van der Waals surface area contributed by atoms with Gasteiger partial charge >= 0.3 is 0 Å². The van der Waals surface area contributed by atoms with Crippen LogP contribution in [0.2, 0.25) is 0 Å². The van der Waals surface area contributed by atoms with Crippen molar-refractivity contribution >= 4 is 39.3 Å². The fourth-order valence-electron chi connectivity index (χ4n) is 6.62. The van der Waals surface area contributed by atoms with Gasteiger partial charge in [-0.1, -0.05) is 68.4 Å². The van der Waals surface area contributed by atoms with E-state index in [1.165, 1.54) is 37.9 Å². The highest BCUT2D eigenvalue weighted by molar-refractivity contribution is 6.34. The van der Waals surface area contributed by atoms with Crippen LogP contribution < -0.4 is 4.90 Å². The third-order valence-corrected chi connectivity index (χ3v) is 8.54. The molecule has 1 aliphatic heterocycles. The van der Waals surface area contributed by atoms with Crippen LogP contribution in [-0.2, 0) is 5.41 Å². The molecule has 4 nitrogen and oxygen atoms in total. The highest BCUT2D eigenvalue weighted by atomic mass is 16.2. The Morgan fingerprint density at radius 2 is 1.10 bits per heavy atom. The molecule has 0 unspecified atom stereocenters. The number of carbonyl (C=O) groups is 2. The van der Waals surface area contributed by atoms with E-state index in [0.29, 0.717) is 16.8 Å². The molecule has 0 saturated carbocycles. The second-order valence-corrected chi connectivity index (χ2v) is 10.9. The van der Waals surface area contributed by atoms with Gasteiger partial charge in [0.15, 0.2) is 0 Å². The van der Waals surface area contributed by atoms with Crippen LogP contribution >= 0.6 is 0 Å². The number of aromatic nitrogens is 1. The summed E-state index contributed by atoms with van der Waals surface area (Å²) in [5.74, 6) is -0.561. The Hall–Kier alpha value is -4.96. The van der Waals surface area contributed by atoms with Gasteiger partial charge in [-0.05, 0) is 76.9 Å². The number of para-hydroxylation sites is 1. The molecule has 6 aromatic rings. The van der Waals surface area contributed by atoms with E-state index >= 15 is 0 Å². The van der Waals surface area contributed by atoms with E-state index < -0.39 is 0 Å². The molecule has 0 N–H and O–H groups in total. The molecule has 0 saturated heterocycles. The van der Waals surface area contributed by atoms with Crippen molar-refractivity contribution < 1.29 is 9.59 Å². The Kier molecular flexibility index (Phi) is 4.27. The Labute approximate surface area is 225 Å². The second-order valence-electron chi connectivity index (χ2n) is 10.9. The minimum absolute atomic E-state index is 0.0721. The molecule has 0 radical (unpaired) electrons. The van der Waals surface area contributed by atoms with Crippen molar-refractivity contribution in [3.05, 3.63) is 131 Å². The van der Waals surface area contributed by atoms with Gasteiger partial charge in [-0.25, -0.2) is 4.90 Å². The number of nitrogens with zero attached hydrogens (tertiary/aromatic N) is 2. The first-order chi connectivity index (χ1) is 18.9. The maximum absolute atomic E-state index is 13.0. The first-order valence-corrected chi connectivity index (χ1v) is 13.2. The summed E-state index contributed by atoms with van der Waals surface area (Å²) in [6, 6.07) is 36.6. The van der Waals surface area contributed by atoms with Crippen molar-refractivity contribution in [1.82, 2.24) is 4.57 Å². The van der Waals surface area contributed by atoms with Gasteiger partial charge in [0, 0.05) is 21.9 Å². The summed E-state index contributed by atoms with van der Waals surface area (Å²) in [6.07, 6.45) is 0. The fourth-order valence-corrected chi connectivity index (χ4v) is 6.62. The number of carbonyl (C=O) groups excluding carboxylic acids is 2. The predicted molar refractivity (Wildman–Crippen MR) is 156 cm³/mol. The molecule has 5 aromatic carbocycles. The Morgan fingerprint density at radius 1 is 0.513 bits per heavy atom. The lowest BCUT2D eigenvalue weighted by Crippen LogP contribution is -2.29. The lowest BCUT2D eigenvalue weighted by molar-refractivity contribution is 0.0926. The summed E-state index contributed by atoms with van der Waals surface area (Å²) in [7, 11) is 0. The minimum atomic E-state index is -0.281. The van der Waals surface area contributed by atoms with Gasteiger partial charge < -0.3 is 4.57 Å². The summed E-state index contributed by atoms with van der Waals surface area (Å²) in [6.45, 7) is 4.61. The molecule has 2 amide bonds. The van der Waals surface area contributed by atoms with Crippen LogP contribution in [0, 0.1) is 0 Å². The first kappa shape index (κ1) is 22.1. The quantitative estimate of drug-likeness (QED) is 0.225. The molecule has 0 spiro atoms. The number of imide groups is 1. The molecule has 1 aliphatic carbocycles. The Balaban J connectivity index is 1.31. The van der Waals surface area contributed by atoms with Crippen molar-refractivity contribution in [1.29, 1.82) is 0 Å². The highest BCUT2D eigenvalue weighted by Gasteiger charge is 2.37. The van der Waals surface area contributed by atoms with E-state index in [2.05, 4.69) is 79.1 Å². The summed E-state index contributed by atoms with van der Waals surface area (Å²) < 4.78 is 2.28. The zero-order chi connectivity index (χ0) is 26.5. The van der Waals surface area contributed by atoms with Gasteiger partial charge in [-0.3, -0.25) is 9.59 Å². The standard InChI is InChI=1S/C35H24N2O2/c1-35(2)29-13-7-5-9-23(29)27-20-32-28(19-30(27)35)24-10-6-8-14-31(24)36(32)21-15-17-22(18-16-21)37-33(38)25-11-3-4-12-26(25)34(37)39/h3-20H,1-2H3. The number of fused-ring (bicyclic) bond motifs is 7. The summed E-state index contributed by atoms with van der Waals surface area (Å²) in [4.78, 5) is 27.3. The molecule has 2 aliphatic rings. The van der Waals surface area contributed by atoms with Crippen LogP contribution in [0.3, 0.4) is 0 Å². The van der Waals surface area contributed by atoms with Gasteiger partial charge in [0.05, 0.1) is 27.8 Å². The number of hydrogen-bond donors (Lipinski definition) is 0. The molecule has 2 heterocycles. The van der Waals surface area contributed by atoms with E-state index in [0.717, 1.165) is 16.7 Å². The zero-order valence-corrected chi connectivity index (χ0v) is 21.6. The van der Waals surface area contributed by atoms with Gasteiger partial charge in [-0.15, -0.1) is 0 Å². The number of hydrogen-bond acceptors (Lipinski definition) is 2. The van der Waals surface area contributed by atoms with Crippen LogP contribution in [0.4, 0.5) is 5.69 Å². The van der Waals surface area contributed by atoms with Crippen LogP contribution in [0.25, 0.3) is 38.6 Å². The van der Waals surface area contributed by atoms with Crippen LogP contribution in [-0.4, -0.2) is 16.4 Å². The van der Waals surface area contributed by atoms with E-state index in [9.17, 15) is 9.59 Å². The third-order valence-electron chi connectivity index (χ3n) is 8.54. The monoisotopic (exact) mass is 504 g/mol. The molecule has 0 atom stereocenters. The molecule has 0 bridgehead atoms. The number of anilines is 1. The summed E-state index contributed by atoms with van der Waals surface area (Å²) in [5.41, 5.74) is 9.90. The Morgan fingerprint density at radius 3 is 1.82 bits per heavy atom. The number of benzene rings is 5. The van der Waals surface area contributed by atoms with Crippen molar-refractivity contribution in [2.45, 2.75) is 19.3 Å². The molecular weight excluding hydrogens is 480 g/mol. The maximum atomic E-state index is 13.0. The van der Waals surface area contributed by atoms with Crippen LogP contribution in [0.1, 0.15) is 45.7 Å². The van der Waals surface area contributed by atoms with E-state index in [1.807, 2.05) is 24.3 Å². The lowest BCUT2D eigenvalue weighted by Gasteiger charge is -2.21. The molecule has 4 heteroatoms.